The number of aromatic nitrogens is 2. The van der Waals surface area contributed by atoms with Crippen molar-refractivity contribution >= 4 is 23.1 Å². The zero-order valence-corrected chi connectivity index (χ0v) is 12.4. The largest absolute Gasteiger partial charge is 0.370 e. The summed E-state index contributed by atoms with van der Waals surface area (Å²) in [7, 11) is 0. The Labute approximate surface area is 122 Å². The standard InChI is InChI=1S/C14H18N4OS/c1-3-15-12-8-11(4-5-16-12)13(19)18-9-10(2)14-17-6-7-20-14/h4-8,10H,3,9H2,1-2H3,(H,15,16)(H,18,19). The Morgan fingerprint density at radius 2 is 2.25 bits per heavy atom. The van der Waals surface area contributed by atoms with Crippen molar-refractivity contribution in [3.8, 4) is 0 Å². The highest BCUT2D eigenvalue weighted by atomic mass is 32.1. The molecular weight excluding hydrogens is 272 g/mol. The molecule has 2 N–H and O–H groups in total. The van der Waals surface area contributed by atoms with Crippen LogP contribution in [0.1, 0.15) is 35.1 Å². The molecule has 2 rings (SSSR count). The molecule has 2 heterocycles. The van der Waals surface area contributed by atoms with Crippen molar-refractivity contribution < 1.29 is 4.79 Å². The van der Waals surface area contributed by atoms with E-state index < -0.39 is 0 Å². The number of pyridine rings is 1. The number of carbonyl (C=O) groups excluding carboxylic acids is 1. The van der Waals surface area contributed by atoms with Crippen LogP contribution in [0.15, 0.2) is 29.9 Å². The van der Waals surface area contributed by atoms with E-state index in [9.17, 15) is 4.79 Å². The van der Waals surface area contributed by atoms with Crippen molar-refractivity contribution in [2.45, 2.75) is 19.8 Å². The summed E-state index contributed by atoms with van der Waals surface area (Å²) in [5, 5.41) is 9.00. The average molecular weight is 290 g/mol. The average Bonchev–Trinajstić information content (AvgIpc) is 2.99. The molecule has 2 aromatic rings. The molecule has 0 aliphatic heterocycles. The Balaban J connectivity index is 1.93. The normalized spacial score (nSPS) is 11.9. The molecule has 1 amide bonds. The summed E-state index contributed by atoms with van der Waals surface area (Å²) in [6, 6.07) is 3.47. The first-order valence-corrected chi connectivity index (χ1v) is 7.46. The summed E-state index contributed by atoms with van der Waals surface area (Å²) in [5.41, 5.74) is 0.613. The fourth-order valence-corrected chi connectivity index (χ4v) is 2.46. The summed E-state index contributed by atoms with van der Waals surface area (Å²) in [4.78, 5) is 20.5. The molecule has 20 heavy (non-hydrogen) atoms. The molecule has 0 fully saturated rings. The molecule has 0 saturated heterocycles. The number of nitrogens with zero attached hydrogens (tertiary/aromatic N) is 2. The number of hydrogen-bond acceptors (Lipinski definition) is 5. The summed E-state index contributed by atoms with van der Waals surface area (Å²) < 4.78 is 0. The van der Waals surface area contributed by atoms with E-state index in [1.165, 1.54) is 0 Å². The number of rotatable bonds is 6. The zero-order valence-electron chi connectivity index (χ0n) is 11.6. The Morgan fingerprint density at radius 3 is 2.95 bits per heavy atom. The van der Waals surface area contributed by atoms with Crippen LogP contribution in [0.5, 0.6) is 0 Å². The van der Waals surface area contributed by atoms with Crippen molar-refractivity contribution in [3.05, 3.63) is 40.5 Å². The van der Waals surface area contributed by atoms with Crippen molar-refractivity contribution in [1.29, 1.82) is 0 Å². The van der Waals surface area contributed by atoms with Gasteiger partial charge < -0.3 is 10.6 Å². The van der Waals surface area contributed by atoms with Crippen LogP contribution in [0.3, 0.4) is 0 Å². The first kappa shape index (κ1) is 14.5. The molecule has 0 bridgehead atoms. The van der Waals surface area contributed by atoms with Crippen LogP contribution in [0.4, 0.5) is 5.82 Å². The third kappa shape index (κ3) is 3.77. The van der Waals surface area contributed by atoms with Gasteiger partial charge in [-0.25, -0.2) is 9.97 Å². The fourth-order valence-electron chi connectivity index (χ4n) is 1.76. The predicted octanol–water partition coefficient (Wildman–Crippen LogP) is 2.50. The fraction of sp³-hybridized carbons (Fsp3) is 0.357. The Bertz CT molecular complexity index is 556. The van der Waals surface area contributed by atoms with E-state index in [2.05, 4.69) is 27.5 Å². The van der Waals surface area contributed by atoms with E-state index in [0.717, 1.165) is 11.6 Å². The molecule has 1 atom stereocenters. The summed E-state index contributed by atoms with van der Waals surface area (Å²) >= 11 is 1.61. The zero-order chi connectivity index (χ0) is 14.4. The van der Waals surface area contributed by atoms with Crippen LogP contribution in [-0.4, -0.2) is 29.0 Å². The molecule has 0 aliphatic rings. The van der Waals surface area contributed by atoms with Gasteiger partial charge in [0.05, 0.1) is 5.01 Å². The van der Waals surface area contributed by atoms with Crippen LogP contribution in [0.25, 0.3) is 0 Å². The SMILES string of the molecule is CCNc1cc(C(=O)NCC(C)c2nccs2)ccn1. The molecule has 5 nitrogen and oxygen atoms in total. The summed E-state index contributed by atoms with van der Waals surface area (Å²) in [5.74, 6) is 0.845. The second-order valence-electron chi connectivity index (χ2n) is 4.44. The molecule has 0 spiro atoms. The molecule has 106 valence electrons. The first-order valence-electron chi connectivity index (χ1n) is 6.58. The lowest BCUT2D eigenvalue weighted by Crippen LogP contribution is -2.27. The lowest BCUT2D eigenvalue weighted by atomic mass is 10.2. The van der Waals surface area contributed by atoms with Gasteiger partial charge in [0.25, 0.3) is 5.91 Å². The van der Waals surface area contributed by atoms with Gasteiger partial charge in [-0.05, 0) is 19.1 Å². The van der Waals surface area contributed by atoms with E-state index in [0.29, 0.717) is 17.9 Å². The maximum atomic E-state index is 12.1. The van der Waals surface area contributed by atoms with Gasteiger partial charge in [-0.1, -0.05) is 6.92 Å². The van der Waals surface area contributed by atoms with Crippen molar-refractivity contribution in [2.75, 3.05) is 18.4 Å². The van der Waals surface area contributed by atoms with Gasteiger partial charge in [-0.2, -0.15) is 0 Å². The lowest BCUT2D eigenvalue weighted by molar-refractivity contribution is 0.0951. The van der Waals surface area contributed by atoms with Gasteiger partial charge in [-0.15, -0.1) is 11.3 Å². The van der Waals surface area contributed by atoms with Gasteiger partial charge in [0, 0.05) is 42.3 Å². The molecule has 0 radical (unpaired) electrons. The van der Waals surface area contributed by atoms with E-state index in [1.54, 1.807) is 35.9 Å². The molecule has 1 unspecified atom stereocenters. The predicted molar refractivity (Wildman–Crippen MR) is 81.3 cm³/mol. The van der Waals surface area contributed by atoms with Crippen LogP contribution in [0.2, 0.25) is 0 Å². The molecular formula is C14H18N4OS. The highest BCUT2D eigenvalue weighted by Crippen LogP contribution is 2.16. The minimum Gasteiger partial charge on any atom is -0.370 e. The second kappa shape index (κ2) is 7.00. The maximum absolute atomic E-state index is 12.1. The maximum Gasteiger partial charge on any atom is 0.251 e. The minimum absolute atomic E-state index is 0.0880. The van der Waals surface area contributed by atoms with Crippen LogP contribution < -0.4 is 10.6 Å². The third-order valence-corrected chi connectivity index (χ3v) is 3.83. The Hall–Kier alpha value is -1.95. The van der Waals surface area contributed by atoms with E-state index in [1.807, 2.05) is 12.3 Å². The Kier molecular flexibility index (Phi) is 5.06. The smallest absolute Gasteiger partial charge is 0.251 e. The van der Waals surface area contributed by atoms with Gasteiger partial charge in [0.2, 0.25) is 0 Å². The number of anilines is 1. The van der Waals surface area contributed by atoms with E-state index in [-0.39, 0.29) is 11.8 Å². The van der Waals surface area contributed by atoms with Gasteiger partial charge in [0.1, 0.15) is 5.82 Å². The molecule has 0 aliphatic carbocycles. The van der Waals surface area contributed by atoms with E-state index in [4.69, 9.17) is 0 Å². The summed E-state index contributed by atoms with van der Waals surface area (Å²) in [6.45, 7) is 5.39. The quantitative estimate of drug-likeness (QED) is 0.858. The number of amides is 1. The Morgan fingerprint density at radius 1 is 1.40 bits per heavy atom. The van der Waals surface area contributed by atoms with Gasteiger partial charge in [0.15, 0.2) is 0 Å². The van der Waals surface area contributed by atoms with Crippen LogP contribution in [0, 0.1) is 0 Å². The van der Waals surface area contributed by atoms with Crippen LogP contribution >= 0.6 is 11.3 Å². The number of nitrogens with one attached hydrogen (secondary N) is 2. The van der Waals surface area contributed by atoms with E-state index >= 15 is 0 Å². The lowest BCUT2D eigenvalue weighted by Gasteiger charge is -2.10. The number of carbonyl (C=O) groups is 1. The van der Waals surface area contributed by atoms with Crippen molar-refractivity contribution in [3.63, 3.8) is 0 Å². The van der Waals surface area contributed by atoms with Gasteiger partial charge in [-0.3, -0.25) is 4.79 Å². The molecule has 0 aromatic carbocycles. The highest BCUT2D eigenvalue weighted by Gasteiger charge is 2.11. The monoisotopic (exact) mass is 290 g/mol. The van der Waals surface area contributed by atoms with Crippen LogP contribution in [-0.2, 0) is 0 Å². The molecule has 0 saturated carbocycles. The number of thiazole rings is 1. The second-order valence-corrected chi connectivity index (χ2v) is 5.37. The van der Waals surface area contributed by atoms with Crippen molar-refractivity contribution in [1.82, 2.24) is 15.3 Å². The first-order chi connectivity index (χ1) is 9.70. The number of hydrogen-bond donors (Lipinski definition) is 2. The topological polar surface area (TPSA) is 66.9 Å². The highest BCUT2D eigenvalue weighted by molar-refractivity contribution is 7.09. The molecule has 6 heteroatoms. The third-order valence-electron chi connectivity index (χ3n) is 2.82. The molecule has 2 aromatic heterocycles. The van der Waals surface area contributed by atoms with Gasteiger partial charge >= 0.3 is 0 Å². The summed E-state index contributed by atoms with van der Waals surface area (Å²) in [6.07, 6.45) is 3.42. The minimum atomic E-state index is -0.0880. The van der Waals surface area contributed by atoms with Crippen molar-refractivity contribution in [2.24, 2.45) is 0 Å².